The van der Waals surface area contributed by atoms with Gasteiger partial charge in [0.1, 0.15) is 0 Å². The molecular weight excluding hydrogens is 169 g/mol. The molecule has 1 atom stereocenters. The first-order valence-corrected chi connectivity index (χ1v) is 3.42. The molecule has 0 amide bonds. The van der Waals surface area contributed by atoms with Crippen LogP contribution in [0.1, 0.15) is 13.2 Å². The Morgan fingerprint density at radius 1 is 1.82 bits per heavy atom. The van der Waals surface area contributed by atoms with E-state index in [1.807, 2.05) is 0 Å². The minimum Gasteiger partial charge on any atom is -0.299 e. The molecule has 0 spiro atoms. The normalized spacial score (nSPS) is 13.0. The summed E-state index contributed by atoms with van der Waals surface area (Å²) in [7, 11) is 0. The summed E-state index contributed by atoms with van der Waals surface area (Å²) < 4.78 is 13.7. The molecule has 0 aliphatic carbocycles. The summed E-state index contributed by atoms with van der Waals surface area (Å²) in [6.45, 7) is 1.33. The lowest BCUT2D eigenvalue weighted by Crippen LogP contribution is -2.21. The van der Waals surface area contributed by atoms with Crippen molar-refractivity contribution in [1.29, 1.82) is 5.41 Å². The SMILES string of the molecule is CC(F)n1ccnc(Cl)c1=N. The van der Waals surface area contributed by atoms with E-state index in [4.69, 9.17) is 17.0 Å². The molecule has 0 bridgehead atoms. The van der Waals surface area contributed by atoms with Crippen molar-refractivity contribution in [3.63, 3.8) is 0 Å². The van der Waals surface area contributed by atoms with Gasteiger partial charge in [-0.3, -0.25) is 9.98 Å². The summed E-state index contributed by atoms with van der Waals surface area (Å²) in [5, 5.41) is 7.27. The number of hydrogen-bond donors (Lipinski definition) is 1. The minimum absolute atomic E-state index is 0.0111. The molecular formula is C6H7ClFN3. The molecule has 1 unspecified atom stereocenters. The van der Waals surface area contributed by atoms with E-state index >= 15 is 0 Å². The molecule has 1 rings (SSSR count). The Labute approximate surface area is 68.0 Å². The quantitative estimate of drug-likeness (QED) is 0.691. The molecule has 0 saturated carbocycles. The highest BCUT2D eigenvalue weighted by atomic mass is 35.5. The lowest BCUT2D eigenvalue weighted by Gasteiger charge is -2.06. The maximum absolute atomic E-state index is 12.6. The second-order valence-electron chi connectivity index (χ2n) is 2.05. The van der Waals surface area contributed by atoms with Crippen LogP contribution < -0.4 is 5.49 Å². The van der Waals surface area contributed by atoms with Gasteiger partial charge in [-0.2, -0.15) is 0 Å². The highest BCUT2D eigenvalue weighted by Crippen LogP contribution is 2.03. The fourth-order valence-corrected chi connectivity index (χ4v) is 0.863. The first kappa shape index (κ1) is 8.20. The molecule has 11 heavy (non-hydrogen) atoms. The predicted molar refractivity (Wildman–Crippen MR) is 38.9 cm³/mol. The Hall–Kier alpha value is -0.900. The molecule has 1 heterocycles. The fourth-order valence-electron chi connectivity index (χ4n) is 0.709. The van der Waals surface area contributed by atoms with E-state index in [1.54, 1.807) is 0 Å². The zero-order valence-corrected chi connectivity index (χ0v) is 6.64. The third-order valence-corrected chi connectivity index (χ3v) is 1.53. The summed E-state index contributed by atoms with van der Waals surface area (Å²) in [5.74, 6) is 0. The molecule has 5 heteroatoms. The van der Waals surface area contributed by atoms with Crippen LogP contribution in [-0.2, 0) is 0 Å². The zero-order valence-electron chi connectivity index (χ0n) is 5.88. The number of nitrogens with zero attached hydrogens (tertiary/aromatic N) is 2. The summed E-state index contributed by atoms with van der Waals surface area (Å²) >= 11 is 5.47. The first-order valence-electron chi connectivity index (χ1n) is 3.04. The summed E-state index contributed by atoms with van der Waals surface area (Å²) in [5.41, 5.74) is -0.107. The van der Waals surface area contributed by atoms with Crippen molar-refractivity contribution in [3.05, 3.63) is 23.0 Å². The van der Waals surface area contributed by atoms with Crippen molar-refractivity contribution < 1.29 is 4.39 Å². The Kier molecular flexibility index (Phi) is 2.24. The number of halogens is 2. The van der Waals surface area contributed by atoms with Gasteiger partial charge in [0.15, 0.2) is 16.9 Å². The van der Waals surface area contributed by atoms with Crippen LogP contribution in [0.15, 0.2) is 12.4 Å². The Balaban J connectivity index is 3.28. The van der Waals surface area contributed by atoms with Gasteiger partial charge in [-0.1, -0.05) is 11.6 Å². The second kappa shape index (κ2) is 3.00. The summed E-state index contributed by atoms with van der Waals surface area (Å²) in [6.07, 6.45) is 1.48. The lowest BCUT2D eigenvalue weighted by atomic mass is 10.6. The van der Waals surface area contributed by atoms with Crippen molar-refractivity contribution >= 4 is 11.6 Å². The molecule has 1 aromatic rings. The van der Waals surface area contributed by atoms with Crippen LogP contribution in [0.2, 0.25) is 5.15 Å². The van der Waals surface area contributed by atoms with Crippen molar-refractivity contribution in [1.82, 2.24) is 9.55 Å². The third-order valence-electron chi connectivity index (χ3n) is 1.25. The van der Waals surface area contributed by atoms with Crippen LogP contribution in [0.25, 0.3) is 0 Å². The highest BCUT2D eigenvalue weighted by Gasteiger charge is 2.02. The molecule has 0 aliphatic heterocycles. The van der Waals surface area contributed by atoms with Crippen LogP contribution in [0.4, 0.5) is 4.39 Å². The van der Waals surface area contributed by atoms with E-state index in [-0.39, 0.29) is 10.6 Å². The molecule has 1 N–H and O–H groups in total. The molecule has 0 radical (unpaired) electrons. The highest BCUT2D eigenvalue weighted by molar-refractivity contribution is 6.29. The van der Waals surface area contributed by atoms with Crippen LogP contribution in [0, 0.1) is 5.41 Å². The molecule has 0 saturated heterocycles. The Morgan fingerprint density at radius 2 is 2.45 bits per heavy atom. The average Bonchev–Trinajstić information content (AvgIpc) is 1.94. The van der Waals surface area contributed by atoms with Gasteiger partial charge in [0.25, 0.3) is 0 Å². The van der Waals surface area contributed by atoms with Gasteiger partial charge >= 0.3 is 0 Å². The topological polar surface area (TPSA) is 41.7 Å². The molecule has 1 aromatic heterocycles. The Bertz CT molecular complexity index is 307. The van der Waals surface area contributed by atoms with E-state index in [0.29, 0.717) is 0 Å². The van der Waals surface area contributed by atoms with Gasteiger partial charge in [-0.05, 0) is 6.92 Å². The molecule has 60 valence electrons. The van der Waals surface area contributed by atoms with Crippen LogP contribution in [0.3, 0.4) is 0 Å². The number of aromatic nitrogens is 2. The number of alkyl halides is 1. The fraction of sp³-hybridized carbons (Fsp3) is 0.333. The van der Waals surface area contributed by atoms with Crippen molar-refractivity contribution in [3.8, 4) is 0 Å². The van der Waals surface area contributed by atoms with E-state index < -0.39 is 6.30 Å². The van der Waals surface area contributed by atoms with E-state index in [0.717, 1.165) is 4.57 Å². The van der Waals surface area contributed by atoms with Gasteiger partial charge in [-0.15, -0.1) is 0 Å². The van der Waals surface area contributed by atoms with Gasteiger partial charge in [0.05, 0.1) is 0 Å². The van der Waals surface area contributed by atoms with Gasteiger partial charge in [0.2, 0.25) is 0 Å². The van der Waals surface area contributed by atoms with Crippen LogP contribution in [-0.4, -0.2) is 9.55 Å². The Morgan fingerprint density at radius 3 is 2.91 bits per heavy atom. The molecule has 0 aromatic carbocycles. The number of nitrogens with one attached hydrogen (secondary N) is 1. The predicted octanol–water partition coefficient (Wildman–Crippen LogP) is 1.50. The lowest BCUT2D eigenvalue weighted by molar-refractivity contribution is 0.257. The molecule has 0 aliphatic rings. The van der Waals surface area contributed by atoms with Crippen molar-refractivity contribution in [2.24, 2.45) is 0 Å². The summed E-state index contributed by atoms with van der Waals surface area (Å²) in [4.78, 5) is 3.61. The second-order valence-corrected chi connectivity index (χ2v) is 2.41. The molecule has 0 fully saturated rings. The molecule has 3 nitrogen and oxygen atoms in total. The first-order chi connectivity index (χ1) is 5.13. The van der Waals surface area contributed by atoms with E-state index in [1.165, 1.54) is 19.3 Å². The third kappa shape index (κ3) is 1.57. The smallest absolute Gasteiger partial charge is 0.174 e. The zero-order chi connectivity index (χ0) is 8.43. The van der Waals surface area contributed by atoms with E-state index in [9.17, 15) is 4.39 Å². The average molecular weight is 176 g/mol. The van der Waals surface area contributed by atoms with Crippen molar-refractivity contribution in [2.45, 2.75) is 13.2 Å². The summed E-state index contributed by atoms with van der Waals surface area (Å²) in [6, 6.07) is 0. The maximum Gasteiger partial charge on any atom is 0.174 e. The van der Waals surface area contributed by atoms with Gasteiger partial charge in [-0.25, -0.2) is 9.37 Å². The largest absolute Gasteiger partial charge is 0.299 e. The monoisotopic (exact) mass is 175 g/mol. The van der Waals surface area contributed by atoms with E-state index in [2.05, 4.69) is 4.98 Å². The van der Waals surface area contributed by atoms with Gasteiger partial charge < -0.3 is 0 Å². The van der Waals surface area contributed by atoms with Gasteiger partial charge in [0, 0.05) is 12.4 Å². The maximum atomic E-state index is 12.6. The van der Waals surface area contributed by atoms with Crippen LogP contribution in [0.5, 0.6) is 0 Å². The minimum atomic E-state index is -1.25. The van der Waals surface area contributed by atoms with Crippen molar-refractivity contribution in [2.75, 3.05) is 0 Å². The standard InChI is InChI=1S/C6H7ClFN3/c1-4(8)11-3-2-10-5(7)6(11)9/h2-4,9H,1H3. The number of rotatable bonds is 1. The number of hydrogen-bond acceptors (Lipinski definition) is 2. The van der Waals surface area contributed by atoms with Crippen LogP contribution >= 0.6 is 11.6 Å².